The molecule has 0 N–H and O–H groups in total. The van der Waals surface area contributed by atoms with E-state index in [-0.39, 0.29) is 5.92 Å². The Morgan fingerprint density at radius 2 is 1.55 bits per heavy atom. The zero-order valence-corrected chi connectivity index (χ0v) is 24.4. The van der Waals surface area contributed by atoms with E-state index in [1.165, 1.54) is 57.4 Å². The highest BCUT2D eigenvalue weighted by Crippen LogP contribution is 2.43. The molecule has 0 aromatic heterocycles. The lowest BCUT2D eigenvalue weighted by Crippen LogP contribution is -2.20. The molecule has 0 amide bonds. The number of aryl methyl sites for hydroxylation is 1. The lowest BCUT2D eigenvalue weighted by molar-refractivity contribution is 0.499. The molecule has 0 saturated carbocycles. The Morgan fingerprint density at radius 1 is 0.825 bits per heavy atom. The van der Waals surface area contributed by atoms with Crippen molar-refractivity contribution in [3.05, 3.63) is 167 Å². The molecule has 40 heavy (non-hydrogen) atoms. The molecular weight excluding hydrogens is 480 g/mol. The summed E-state index contributed by atoms with van der Waals surface area (Å²) in [5.74, 6) is 1.27. The van der Waals surface area contributed by atoms with Crippen LogP contribution in [0.3, 0.4) is 0 Å². The fourth-order valence-electron chi connectivity index (χ4n) is 6.73. The van der Waals surface area contributed by atoms with Crippen molar-refractivity contribution in [2.24, 2.45) is 11.8 Å². The van der Waals surface area contributed by atoms with Crippen LogP contribution in [0.2, 0.25) is 0 Å². The molecule has 0 spiro atoms. The number of hydrogen-bond donors (Lipinski definition) is 0. The van der Waals surface area contributed by atoms with Crippen molar-refractivity contribution in [3.8, 4) is 0 Å². The molecule has 3 unspecified atom stereocenters. The van der Waals surface area contributed by atoms with Crippen molar-refractivity contribution in [1.82, 2.24) is 0 Å². The smallest absolute Gasteiger partial charge is 0.0301 e. The molecule has 5 rings (SSSR count). The third-order valence-corrected chi connectivity index (χ3v) is 8.97. The van der Waals surface area contributed by atoms with Crippen molar-refractivity contribution in [2.75, 3.05) is 0 Å². The molecule has 0 heterocycles. The first-order valence-corrected chi connectivity index (χ1v) is 15.1. The summed E-state index contributed by atoms with van der Waals surface area (Å²) in [6.07, 6.45) is 38.0. The summed E-state index contributed by atoms with van der Waals surface area (Å²) < 4.78 is 0. The van der Waals surface area contributed by atoms with E-state index in [0.29, 0.717) is 11.8 Å². The van der Waals surface area contributed by atoms with Gasteiger partial charge in [-0.2, -0.15) is 0 Å². The summed E-state index contributed by atoms with van der Waals surface area (Å²) in [4.78, 5) is 0. The first kappa shape index (κ1) is 27.9. The van der Waals surface area contributed by atoms with Crippen molar-refractivity contribution < 1.29 is 0 Å². The van der Waals surface area contributed by atoms with Crippen LogP contribution in [0.5, 0.6) is 0 Å². The van der Waals surface area contributed by atoms with Gasteiger partial charge in [-0.05, 0) is 92.6 Å². The highest BCUT2D eigenvalue weighted by atomic mass is 14.3. The molecule has 0 radical (unpaired) electrons. The van der Waals surface area contributed by atoms with Gasteiger partial charge in [0, 0.05) is 11.8 Å². The van der Waals surface area contributed by atoms with E-state index in [0.717, 1.165) is 32.1 Å². The second-order valence-electron chi connectivity index (χ2n) is 11.7. The van der Waals surface area contributed by atoms with Gasteiger partial charge in [0.25, 0.3) is 0 Å². The summed E-state index contributed by atoms with van der Waals surface area (Å²) in [5.41, 5.74) is 12.8. The monoisotopic (exact) mass is 524 g/mol. The van der Waals surface area contributed by atoms with Crippen LogP contribution in [-0.2, 0) is 0 Å². The van der Waals surface area contributed by atoms with Crippen molar-refractivity contribution >= 4 is 0 Å². The van der Waals surface area contributed by atoms with Crippen LogP contribution in [0.1, 0.15) is 68.9 Å². The summed E-state index contributed by atoms with van der Waals surface area (Å²) >= 11 is 0. The molecule has 4 aliphatic carbocycles. The molecular formula is C40H44. The minimum absolute atomic E-state index is 0.222. The number of rotatable bonds is 9. The number of hydrogen-bond acceptors (Lipinski definition) is 0. The summed E-state index contributed by atoms with van der Waals surface area (Å²) in [6, 6.07) is 8.96. The first-order chi connectivity index (χ1) is 19.6. The van der Waals surface area contributed by atoms with E-state index in [1.54, 1.807) is 5.57 Å². The van der Waals surface area contributed by atoms with Gasteiger partial charge in [-0.25, -0.2) is 0 Å². The van der Waals surface area contributed by atoms with Crippen molar-refractivity contribution in [3.63, 3.8) is 0 Å². The van der Waals surface area contributed by atoms with Gasteiger partial charge in [-0.15, -0.1) is 0 Å². The molecule has 0 saturated heterocycles. The maximum Gasteiger partial charge on any atom is 0.0301 e. The fourth-order valence-corrected chi connectivity index (χ4v) is 6.73. The Balaban J connectivity index is 1.40. The normalized spacial score (nSPS) is 22.6. The molecule has 204 valence electrons. The van der Waals surface area contributed by atoms with E-state index in [4.69, 9.17) is 0 Å². The molecule has 0 nitrogen and oxygen atoms in total. The molecule has 0 bridgehead atoms. The van der Waals surface area contributed by atoms with Gasteiger partial charge in [0.2, 0.25) is 0 Å². The highest BCUT2D eigenvalue weighted by Gasteiger charge is 2.28. The quantitative estimate of drug-likeness (QED) is 0.282. The van der Waals surface area contributed by atoms with Crippen LogP contribution in [0.15, 0.2) is 155 Å². The van der Waals surface area contributed by atoms with E-state index in [9.17, 15) is 0 Å². The summed E-state index contributed by atoms with van der Waals surface area (Å²) in [5, 5.41) is 0. The van der Waals surface area contributed by atoms with Crippen LogP contribution in [0.4, 0.5) is 0 Å². The van der Waals surface area contributed by atoms with Crippen molar-refractivity contribution in [1.29, 1.82) is 0 Å². The lowest BCUT2D eigenvalue weighted by atomic mass is 9.72. The molecule has 3 atom stereocenters. The average molecular weight is 525 g/mol. The zero-order valence-electron chi connectivity index (χ0n) is 24.4. The fraction of sp³-hybridized carbons (Fsp3) is 0.300. The SMILES string of the molecule is C=CC=C(C=C)C(C1=CC=C(C2=CC=C(C(C3=CCCC=C3)C3C=CC(C)=CC3)CC2)CC1)c1ccc(C)cc1. The Kier molecular flexibility index (Phi) is 9.17. The second-order valence-corrected chi connectivity index (χ2v) is 11.7. The van der Waals surface area contributed by atoms with Crippen molar-refractivity contribution in [2.45, 2.75) is 64.7 Å². The zero-order chi connectivity index (χ0) is 27.9. The van der Waals surface area contributed by atoms with Gasteiger partial charge in [0.15, 0.2) is 0 Å². The van der Waals surface area contributed by atoms with E-state index < -0.39 is 0 Å². The van der Waals surface area contributed by atoms with Crippen LogP contribution < -0.4 is 0 Å². The highest BCUT2D eigenvalue weighted by molar-refractivity contribution is 5.50. The number of benzene rings is 1. The van der Waals surface area contributed by atoms with Gasteiger partial charge in [-0.3, -0.25) is 0 Å². The largest absolute Gasteiger partial charge is 0.0991 e. The predicted molar refractivity (Wildman–Crippen MR) is 174 cm³/mol. The van der Waals surface area contributed by atoms with Crippen LogP contribution in [-0.4, -0.2) is 0 Å². The maximum atomic E-state index is 4.13. The number of allylic oxidation sites excluding steroid dienone is 20. The van der Waals surface area contributed by atoms with Gasteiger partial charge in [0.1, 0.15) is 0 Å². The second kappa shape index (κ2) is 13.1. The Labute approximate surface area is 242 Å². The first-order valence-electron chi connectivity index (χ1n) is 15.1. The minimum atomic E-state index is 0.222. The third kappa shape index (κ3) is 6.39. The lowest BCUT2D eigenvalue weighted by Gasteiger charge is -2.32. The molecule has 1 aromatic carbocycles. The maximum absolute atomic E-state index is 4.13. The van der Waals surface area contributed by atoms with E-state index >= 15 is 0 Å². The molecule has 4 aliphatic rings. The van der Waals surface area contributed by atoms with Gasteiger partial charge < -0.3 is 0 Å². The molecule has 0 aliphatic heterocycles. The van der Waals surface area contributed by atoms with Crippen LogP contribution >= 0.6 is 0 Å². The van der Waals surface area contributed by atoms with Gasteiger partial charge >= 0.3 is 0 Å². The predicted octanol–water partition coefficient (Wildman–Crippen LogP) is 11.1. The third-order valence-electron chi connectivity index (χ3n) is 8.97. The van der Waals surface area contributed by atoms with E-state index in [2.05, 4.69) is 118 Å². The standard InChI is InChI=1S/C40H44/c1-5-10-31(6-2)39(35-17-13-29(3)14-18-35)37-25-21-32(22-26-37)33-23-27-38(28-24-33)40(34-11-8-7-9-12-34)36-19-15-30(4)16-20-36/h5-6,8,10-19,21,23,25,27,36,39-40H,1-2,7,9,20,22,24,26,28H2,3-4H3. The Bertz CT molecular complexity index is 1400. The molecule has 0 fully saturated rings. The molecule has 0 heteroatoms. The molecule has 1 aromatic rings. The Hall–Kier alpha value is -3.64. The van der Waals surface area contributed by atoms with Crippen LogP contribution in [0, 0.1) is 18.8 Å². The van der Waals surface area contributed by atoms with Gasteiger partial charge in [-0.1, -0.05) is 139 Å². The minimum Gasteiger partial charge on any atom is -0.0991 e. The van der Waals surface area contributed by atoms with E-state index in [1.807, 2.05) is 12.2 Å². The van der Waals surface area contributed by atoms with Crippen LogP contribution in [0.25, 0.3) is 0 Å². The Morgan fingerprint density at radius 3 is 2.10 bits per heavy atom. The topological polar surface area (TPSA) is 0 Å². The summed E-state index contributed by atoms with van der Waals surface area (Å²) in [7, 11) is 0. The van der Waals surface area contributed by atoms with Gasteiger partial charge in [0.05, 0.1) is 0 Å². The summed E-state index contributed by atoms with van der Waals surface area (Å²) in [6.45, 7) is 12.4. The average Bonchev–Trinajstić information content (AvgIpc) is 3.00.